The van der Waals surface area contributed by atoms with E-state index in [1.165, 1.54) is 12.1 Å². The van der Waals surface area contributed by atoms with Gasteiger partial charge in [-0.1, -0.05) is 19.8 Å². The minimum absolute atomic E-state index is 0.0854. The SMILES string of the molecule is CCCCC(N)c1nc2cc(F)ccc2n1C(C)C. The Bertz CT molecular complexity index is 560. The number of halogens is 1. The van der Waals surface area contributed by atoms with E-state index >= 15 is 0 Å². The molecule has 1 unspecified atom stereocenters. The molecule has 0 bridgehead atoms. The third kappa shape index (κ3) is 2.78. The zero-order chi connectivity index (χ0) is 14.0. The number of unbranched alkanes of at least 4 members (excludes halogenated alkanes) is 1. The predicted molar refractivity (Wildman–Crippen MR) is 76.5 cm³/mol. The summed E-state index contributed by atoms with van der Waals surface area (Å²) >= 11 is 0. The summed E-state index contributed by atoms with van der Waals surface area (Å²) in [5, 5.41) is 0. The zero-order valence-electron chi connectivity index (χ0n) is 11.9. The molecule has 2 aromatic rings. The standard InChI is InChI=1S/C15H22FN3/c1-4-5-6-12(17)15-18-13-9-11(16)7-8-14(13)19(15)10(2)3/h7-10,12H,4-6,17H2,1-3H3. The molecule has 2 rings (SSSR count). The quantitative estimate of drug-likeness (QED) is 0.887. The third-order valence-corrected chi connectivity index (χ3v) is 3.40. The molecule has 3 nitrogen and oxygen atoms in total. The molecule has 19 heavy (non-hydrogen) atoms. The van der Waals surface area contributed by atoms with E-state index in [9.17, 15) is 4.39 Å². The topological polar surface area (TPSA) is 43.8 Å². The second-order valence-electron chi connectivity index (χ2n) is 5.32. The number of hydrogen-bond acceptors (Lipinski definition) is 2. The lowest BCUT2D eigenvalue weighted by molar-refractivity contribution is 0.510. The normalized spacial score (nSPS) is 13.4. The minimum atomic E-state index is -0.255. The van der Waals surface area contributed by atoms with Crippen molar-refractivity contribution in [3.8, 4) is 0 Å². The van der Waals surface area contributed by atoms with Crippen LogP contribution in [0.5, 0.6) is 0 Å². The lowest BCUT2D eigenvalue weighted by Crippen LogP contribution is -2.17. The Labute approximate surface area is 113 Å². The average molecular weight is 263 g/mol. The second kappa shape index (κ2) is 5.70. The van der Waals surface area contributed by atoms with Crippen LogP contribution in [0.25, 0.3) is 11.0 Å². The van der Waals surface area contributed by atoms with E-state index in [2.05, 4.69) is 30.3 Å². The first kappa shape index (κ1) is 14.0. The van der Waals surface area contributed by atoms with Crippen LogP contribution in [0.2, 0.25) is 0 Å². The fraction of sp³-hybridized carbons (Fsp3) is 0.533. The molecule has 1 aromatic carbocycles. The molecule has 2 N–H and O–H groups in total. The van der Waals surface area contributed by atoms with Crippen LogP contribution >= 0.6 is 0 Å². The molecule has 0 saturated heterocycles. The highest BCUT2D eigenvalue weighted by atomic mass is 19.1. The molecule has 1 atom stereocenters. The molecule has 0 aliphatic carbocycles. The van der Waals surface area contributed by atoms with Crippen molar-refractivity contribution in [3.05, 3.63) is 29.8 Å². The molecular weight excluding hydrogens is 241 g/mol. The average Bonchev–Trinajstić information content (AvgIpc) is 2.74. The Kier molecular flexibility index (Phi) is 4.20. The van der Waals surface area contributed by atoms with Gasteiger partial charge in [0.15, 0.2) is 0 Å². The van der Waals surface area contributed by atoms with Crippen LogP contribution in [0.1, 0.15) is 57.9 Å². The van der Waals surface area contributed by atoms with Crippen LogP contribution in [-0.2, 0) is 0 Å². The number of fused-ring (bicyclic) bond motifs is 1. The summed E-state index contributed by atoms with van der Waals surface area (Å²) in [5.41, 5.74) is 7.89. The van der Waals surface area contributed by atoms with Crippen LogP contribution < -0.4 is 5.73 Å². The number of aromatic nitrogens is 2. The van der Waals surface area contributed by atoms with E-state index in [0.29, 0.717) is 5.52 Å². The van der Waals surface area contributed by atoms with Gasteiger partial charge in [-0.05, 0) is 32.4 Å². The highest BCUT2D eigenvalue weighted by molar-refractivity contribution is 5.76. The molecule has 1 heterocycles. The number of hydrogen-bond donors (Lipinski definition) is 1. The Morgan fingerprint density at radius 1 is 1.37 bits per heavy atom. The van der Waals surface area contributed by atoms with Gasteiger partial charge in [-0.2, -0.15) is 0 Å². The van der Waals surface area contributed by atoms with Gasteiger partial charge < -0.3 is 10.3 Å². The van der Waals surface area contributed by atoms with Crippen molar-refractivity contribution >= 4 is 11.0 Å². The molecule has 0 fully saturated rings. The van der Waals surface area contributed by atoms with Crippen molar-refractivity contribution in [2.45, 2.75) is 52.1 Å². The van der Waals surface area contributed by atoms with Gasteiger partial charge in [0.2, 0.25) is 0 Å². The minimum Gasteiger partial charge on any atom is -0.324 e. The molecule has 0 aliphatic rings. The maximum atomic E-state index is 13.3. The summed E-state index contributed by atoms with van der Waals surface area (Å²) in [7, 11) is 0. The van der Waals surface area contributed by atoms with Crippen molar-refractivity contribution in [3.63, 3.8) is 0 Å². The number of nitrogens with zero attached hydrogens (tertiary/aromatic N) is 2. The van der Waals surface area contributed by atoms with Gasteiger partial charge in [-0.15, -0.1) is 0 Å². The van der Waals surface area contributed by atoms with Crippen LogP contribution in [0.3, 0.4) is 0 Å². The van der Waals surface area contributed by atoms with Gasteiger partial charge in [-0.3, -0.25) is 0 Å². The molecule has 1 aromatic heterocycles. The first-order valence-corrected chi connectivity index (χ1v) is 6.97. The molecule has 4 heteroatoms. The van der Waals surface area contributed by atoms with Crippen LogP contribution in [0, 0.1) is 5.82 Å². The summed E-state index contributed by atoms with van der Waals surface area (Å²) in [6, 6.07) is 4.92. The Hall–Kier alpha value is -1.42. The first-order chi connectivity index (χ1) is 9.04. The van der Waals surface area contributed by atoms with Crippen molar-refractivity contribution in [2.75, 3.05) is 0 Å². The summed E-state index contributed by atoms with van der Waals surface area (Å²) in [6.45, 7) is 6.34. The maximum Gasteiger partial charge on any atom is 0.127 e. The van der Waals surface area contributed by atoms with E-state index in [1.54, 1.807) is 6.07 Å². The lowest BCUT2D eigenvalue weighted by atomic mass is 10.1. The van der Waals surface area contributed by atoms with E-state index in [0.717, 1.165) is 30.6 Å². The highest BCUT2D eigenvalue weighted by Crippen LogP contribution is 2.26. The van der Waals surface area contributed by atoms with E-state index in [1.807, 2.05) is 0 Å². The first-order valence-electron chi connectivity index (χ1n) is 6.97. The fourth-order valence-corrected chi connectivity index (χ4v) is 2.45. The predicted octanol–water partition coefficient (Wildman–Crippen LogP) is 3.95. The molecule has 104 valence electrons. The molecule has 0 spiro atoms. The van der Waals surface area contributed by atoms with Gasteiger partial charge in [0.05, 0.1) is 17.1 Å². The number of nitrogens with two attached hydrogens (primary N) is 1. The second-order valence-corrected chi connectivity index (χ2v) is 5.32. The smallest absolute Gasteiger partial charge is 0.127 e. The Balaban J connectivity index is 2.49. The summed E-state index contributed by atoms with van der Waals surface area (Å²) < 4.78 is 15.4. The van der Waals surface area contributed by atoms with Crippen molar-refractivity contribution in [1.29, 1.82) is 0 Å². The molecule has 0 aliphatic heterocycles. The van der Waals surface area contributed by atoms with Crippen molar-refractivity contribution < 1.29 is 4.39 Å². The van der Waals surface area contributed by atoms with Crippen molar-refractivity contribution in [1.82, 2.24) is 9.55 Å². The monoisotopic (exact) mass is 263 g/mol. The van der Waals surface area contributed by atoms with Gasteiger partial charge in [0.25, 0.3) is 0 Å². The fourth-order valence-electron chi connectivity index (χ4n) is 2.45. The molecular formula is C15H22FN3. The van der Waals surface area contributed by atoms with Crippen LogP contribution in [0.15, 0.2) is 18.2 Å². The van der Waals surface area contributed by atoms with Gasteiger partial charge in [-0.25, -0.2) is 9.37 Å². The van der Waals surface area contributed by atoms with E-state index in [-0.39, 0.29) is 17.9 Å². The van der Waals surface area contributed by atoms with Gasteiger partial charge in [0.1, 0.15) is 11.6 Å². The zero-order valence-corrected chi connectivity index (χ0v) is 11.9. The van der Waals surface area contributed by atoms with E-state index in [4.69, 9.17) is 5.73 Å². The van der Waals surface area contributed by atoms with Crippen molar-refractivity contribution in [2.24, 2.45) is 5.73 Å². The van der Waals surface area contributed by atoms with Gasteiger partial charge >= 0.3 is 0 Å². The highest BCUT2D eigenvalue weighted by Gasteiger charge is 2.18. The largest absolute Gasteiger partial charge is 0.324 e. The van der Waals surface area contributed by atoms with Crippen LogP contribution in [0.4, 0.5) is 4.39 Å². The molecule has 0 radical (unpaired) electrons. The maximum absolute atomic E-state index is 13.3. The van der Waals surface area contributed by atoms with E-state index < -0.39 is 0 Å². The summed E-state index contributed by atoms with van der Waals surface area (Å²) in [5.74, 6) is 0.610. The van der Waals surface area contributed by atoms with Gasteiger partial charge in [0, 0.05) is 12.1 Å². The Morgan fingerprint density at radius 3 is 2.74 bits per heavy atom. The number of rotatable bonds is 5. The lowest BCUT2D eigenvalue weighted by Gasteiger charge is -2.17. The van der Waals surface area contributed by atoms with Crippen LogP contribution in [-0.4, -0.2) is 9.55 Å². The molecule has 0 saturated carbocycles. The number of benzene rings is 1. The third-order valence-electron chi connectivity index (χ3n) is 3.40. The summed E-state index contributed by atoms with van der Waals surface area (Å²) in [4.78, 5) is 4.55. The number of imidazole rings is 1. The Morgan fingerprint density at radius 2 is 2.11 bits per heavy atom. The summed E-state index contributed by atoms with van der Waals surface area (Å²) in [6.07, 6.45) is 3.11. The molecule has 0 amide bonds.